The van der Waals surface area contributed by atoms with E-state index in [1.807, 2.05) is 0 Å². The molecule has 31 heavy (non-hydrogen) atoms. The van der Waals surface area contributed by atoms with Gasteiger partial charge in [0, 0.05) is 6.20 Å². The van der Waals surface area contributed by atoms with Gasteiger partial charge in [0.25, 0.3) is 15.6 Å². The number of nitrogens with zero attached hydrogens (tertiary/aromatic N) is 2. The molecule has 0 aliphatic carbocycles. The van der Waals surface area contributed by atoms with Crippen LogP contribution < -0.4 is 80.3 Å². The van der Waals surface area contributed by atoms with Crippen LogP contribution in [0, 0.1) is 0 Å². The SMILES string of the molecule is Nc1ccn([C@@H]2O[C@H](COP(=O)(O)OP(=O)([O-])OP(=O)([O-])O)[C@H](O)[C@@H]2O)c(=O)n1.[Na+].[Na+]. The minimum absolute atomic E-state index is 0. The molecule has 0 bridgehead atoms. The van der Waals surface area contributed by atoms with Crippen LogP contribution in [0.1, 0.15) is 6.23 Å². The molecular weight excluding hydrogens is 513 g/mol. The van der Waals surface area contributed by atoms with Crippen LogP contribution in [0.5, 0.6) is 0 Å². The van der Waals surface area contributed by atoms with Crippen molar-refractivity contribution in [1.29, 1.82) is 0 Å². The third-order valence-corrected chi connectivity index (χ3v) is 7.00. The topological polar surface area (TPSA) is 276 Å². The van der Waals surface area contributed by atoms with Crippen LogP contribution in [-0.2, 0) is 31.6 Å². The fraction of sp³-hybridized carbons (Fsp3) is 0.556. The normalized spacial score (nSPS) is 29.0. The Hall–Kier alpha value is 0.970. The zero-order valence-electron chi connectivity index (χ0n) is 15.9. The van der Waals surface area contributed by atoms with Crippen molar-refractivity contribution in [2.45, 2.75) is 24.5 Å². The van der Waals surface area contributed by atoms with Gasteiger partial charge in [-0.15, -0.1) is 0 Å². The predicted octanol–water partition coefficient (Wildman–Crippen LogP) is -9.47. The van der Waals surface area contributed by atoms with Crippen molar-refractivity contribution in [2.24, 2.45) is 0 Å². The summed E-state index contributed by atoms with van der Waals surface area (Å²) in [5.41, 5.74) is 4.37. The van der Waals surface area contributed by atoms with Crippen LogP contribution in [0.4, 0.5) is 5.82 Å². The van der Waals surface area contributed by atoms with Crippen molar-refractivity contribution in [1.82, 2.24) is 9.55 Å². The van der Waals surface area contributed by atoms with Crippen LogP contribution in [0.3, 0.4) is 0 Å². The third kappa shape index (κ3) is 9.62. The third-order valence-electron chi connectivity index (χ3n) is 3.27. The molecule has 7 atom stereocenters. The van der Waals surface area contributed by atoms with E-state index < -0.39 is 60.3 Å². The summed E-state index contributed by atoms with van der Waals surface area (Å²) in [6, 6.07) is 1.19. The van der Waals surface area contributed by atoms with E-state index in [1.165, 1.54) is 6.07 Å². The quantitative estimate of drug-likeness (QED) is 0.155. The molecule has 1 aromatic heterocycles. The fourth-order valence-corrected chi connectivity index (χ4v) is 5.11. The first-order chi connectivity index (χ1) is 13.1. The second-order valence-corrected chi connectivity index (χ2v) is 9.77. The molecule has 2 heterocycles. The molecule has 0 amide bonds. The van der Waals surface area contributed by atoms with Crippen LogP contribution >= 0.6 is 23.5 Å². The van der Waals surface area contributed by atoms with E-state index in [0.29, 0.717) is 0 Å². The Labute approximate surface area is 217 Å². The van der Waals surface area contributed by atoms with Gasteiger partial charge in [-0.1, -0.05) is 0 Å². The first-order valence-corrected chi connectivity index (χ1v) is 11.7. The molecule has 1 aliphatic rings. The Balaban J connectivity index is 0.00000450. The number of anilines is 1. The van der Waals surface area contributed by atoms with Crippen molar-refractivity contribution in [3.05, 3.63) is 22.7 Å². The Bertz CT molecular complexity index is 956. The maximum absolute atomic E-state index is 11.8. The largest absolute Gasteiger partial charge is 1.00 e. The molecule has 1 saturated heterocycles. The second kappa shape index (κ2) is 12.1. The smallest absolute Gasteiger partial charge is 0.756 e. The van der Waals surface area contributed by atoms with Crippen molar-refractivity contribution in [3.8, 4) is 0 Å². The molecule has 0 radical (unpaired) electrons. The zero-order chi connectivity index (χ0) is 22.2. The number of hydrogen-bond donors (Lipinski definition) is 5. The van der Waals surface area contributed by atoms with E-state index >= 15 is 0 Å². The summed E-state index contributed by atoms with van der Waals surface area (Å²) in [7, 11) is -17.4. The number of aromatic nitrogens is 2. The monoisotopic (exact) mass is 527 g/mol. The van der Waals surface area contributed by atoms with Gasteiger partial charge in [0.15, 0.2) is 6.23 Å². The van der Waals surface area contributed by atoms with Crippen molar-refractivity contribution in [2.75, 3.05) is 12.3 Å². The van der Waals surface area contributed by atoms with Gasteiger partial charge >= 0.3 is 72.6 Å². The van der Waals surface area contributed by atoms with E-state index in [9.17, 15) is 43.4 Å². The van der Waals surface area contributed by atoms with Gasteiger partial charge in [-0.2, -0.15) is 4.98 Å². The summed E-state index contributed by atoms with van der Waals surface area (Å²) in [6.07, 6.45) is -5.50. The molecule has 22 heteroatoms. The molecule has 1 fully saturated rings. The van der Waals surface area contributed by atoms with Gasteiger partial charge in [-0.3, -0.25) is 18.2 Å². The second-order valence-electron chi connectivity index (χ2n) is 5.43. The number of ether oxygens (including phenoxy) is 1. The summed E-state index contributed by atoms with van der Waals surface area (Å²) >= 11 is 0. The number of hydrogen-bond acceptors (Lipinski definition) is 14. The molecule has 1 aliphatic heterocycles. The molecule has 6 N–H and O–H groups in total. The molecule has 2 rings (SSSR count). The van der Waals surface area contributed by atoms with Crippen molar-refractivity contribution < 1.29 is 120 Å². The summed E-state index contributed by atoms with van der Waals surface area (Å²) in [5.74, 6) is -0.132. The molecular formula is C9H14N3Na2O14P3. The molecule has 3 unspecified atom stereocenters. The Morgan fingerprint density at radius 3 is 2.26 bits per heavy atom. The Morgan fingerprint density at radius 1 is 1.16 bits per heavy atom. The number of nitrogen functional groups attached to an aromatic ring is 1. The number of nitrogens with two attached hydrogens (primary N) is 1. The standard InChI is InChI=1S/C9H16N3O14P3.2Na/c10-5-1-2-12(9(15)11-5)8-7(14)6(13)4(24-8)3-23-28(19,20)26-29(21,22)25-27(16,17)18;;/h1-2,4,6-8,13-14H,3H2,(H,19,20)(H,21,22)(H2,10,11,15)(H2,16,17,18);;/q;2*+1/p-2/t4-,6+,7+,8-;;/m1../s1. The summed E-state index contributed by atoms with van der Waals surface area (Å²) in [6.45, 7) is -1.06. The number of aliphatic hydroxyl groups is 2. The first kappa shape index (κ1) is 32.0. The first-order valence-electron chi connectivity index (χ1n) is 7.21. The minimum Gasteiger partial charge on any atom is -0.756 e. The number of rotatable bonds is 8. The summed E-state index contributed by atoms with van der Waals surface area (Å²) in [5, 5.41) is 19.9. The van der Waals surface area contributed by atoms with Crippen LogP contribution in [0.15, 0.2) is 17.1 Å². The Kier molecular flexibility index (Phi) is 12.5. The van der Waals surface area contributed by atoms with Gasteiger partial charge in [0.1, 0.15) is 24.1 Å². The van der Waals surface area contributed by atoms with Gasteiger partial charge in [0.2, 0.25) is 0 Å². The molecule has 166 valence electrons. The van der Waals surface area contributed by atoms with Gasteiger partial charge in [-0.05, 0) is 6.07 Å². The van der Waals surface area contributed by atoms with Gasteiger partial charge in [0.05, 0.1) is 6.61 Å². The number of aliphatic hydroxyl groups excluding tert-OH is 2. The van der Waals surface area contributed by atoms with E-state index in [0.717, 1.165) is 10.8 Å². The van der Waals surface area contributed by atoms with Gasteiger partial charge in [-0.25, -0.2) is 18.0 Å². The maximum atomic E-state index is 11.8. The van der Waals surface area contributed by atoms with Crippen LogP contribution in [0.25, 0.3) is 0 Å². The zero-order valence-corrected chi connectivity index (χ0v) is 22.5. The predicted molar refractivity (Wildman–Crippen MR) is 84.2 cm³/mol. The van der Waals surface area contributed by atoms with Crippen molar-refractivity contribution in [3.63, 3.8) is 0 Å². The fourth-order valence-electron chi connectivity index (χ4n) is 2.18. The Morgan fingerprint density at radius 2 is 1.74 bits per heavy atom. The van der Waals surface area contributed by atoms with Crippen LogP contribution in [-0.4, -0.2) is 54.5 Å². The van der Waals surface area contributed by atoms with E-state index in [-0.39, 0.29) is 64.9 Å². The minimum atomic E-state index is -6.03. The number of phosphoric ester groups is 1. The van der Waals surface area contributed by atoms with E-state index in [1.54, 1.807) is 0 Å². The molecule has 17 nitrogen and oxygen atoms in total. The number of phosphoric acid groups is 3. The average Bonchev–Trinajstić information content (AvgIpc) is 2.78. The molecule has 0 saturated carbocycles. The molecule has 1 aromatic rings. The van der Waals surface area contributed by atoms with E-state index in [2.05, 4.69) is 18.1 Å². The van der Waals surface area contributed by atoms with E-state index in [4.69, 9.17) is 15.4 Å². The van der Waals surface area contributed by atoms with Gasteiger partial charge < -0.3 is 40.3 Å². The maximum Gasteiger partial charge on any atom is 1.00 e. The summed E-state index contributed by atoms with van der Waals surface area (Å²) < 4.78 is 49.9. The van der Waals surface area contributed by atoms with Crippen molar-refractivity contribution >= 4 is 29.3 Å². The average molecular weight is 527 g/mol. The molecule has 0 aromatic carbocycles. The molecule has 0 spiro atoms. The van der Waals surface area contributed by atoms with Crippen LogP contribution in [0.2, 0.25) is 0 Å². The summed E-state index contributed by atoms with van der Waals surface area (Å²) in [4.78, 5) is 54.3.